The lowest BCUT2D eigenvalue weighted by Gasteiger charge is -2.44. The Hall–Kier alpha value is -5.68. The molecule has 2 aliphatic heterocycles. The van der Waals surface area contributed by atoms with E-state index in [9.17, 15) is 0 Å². The number of benzene rings is 6. The molecular formula is C48H39BN2O2. The van der Waals surface area contributed by atoms with Gasteiger partial charge in [-0.05, 0) is 113 Å². The molecule has 0 spiro atoms. The van der Waals surface area contributed by atoms with Gasteiger partial charge < -0.3 is 18.2 Å². The average molecular weight is 687 g/mol. The second-order valence-corrected chi connectivity index (χ2v) is 17.3. The van der Waals surface area contributed by atoms with Gasteiger partial charge in [-0.25, -0.2) is 0 Å². The highest BCUT2D eigenvalue weighted by Crippen LogP contribution is 2.52. The monoisotopic (exact) mass is 686 g/mol. The van der Waals surface area contributed by atoms with E-state index in [2.05, 4.69) is 154 Å². The van der Waals surface area contributed by atoms with E-state index in [1.165, 1.54) is 90.5 Å². The van der Waals surface area contributed by atoms with Crippen LogP contribution in [0, 0.1) is 13.8 Å². The number of rotatable bonds is 1. The van der Waals surface area contributed by atoms with E-state index in [1.807, 2.05) is 0 Å². The van der Waals surface area contributed by atoms with E-state index >= 15 is 0 Å². The number of fused-ring (bicyclic) bond motifs is 13. The van der Waals surface area contributed by atoms with Gasteiger partial charge in [0.05, 0.1) is 5.39 Å². The van der Waals surface area contributed by atoms with Crippen molar-refractivity contribution < 1.29 is 8.83 Å². The third-order valence-corrected chi connectivity index (χ3v) is 13.2. The molecule has 12 rings (SSSR count). The normalized spacial score (nSPS) is 16.6. The Morgan fingerprint density at radius 2 is 1.28 bits per heavy atom. The van der Waals surface area contributed by atoms with Crippen molar-refractivity contribution >= 4 is 89.7 Å². The van der Waals surface area contributed by atoms with Gasteiger partial charge in [0, 0.05) is 49.7 Å². The van der Waals surface area contributed by atoms with E-state index < -0.39 is 0 Å². The molecule has 53 heavy (non-hydrogen) atoms. The molecule has 5 heterocycles. The van der Waals surface area contributed by atoms with Crippen LogP contribution in [-0.4, -0.2) is 11.3 Å². The molecule has 0 unspecified atom stereocenters. The summed E-state index contributed by atoms with van der Waals surface area (Å²) in [4.78, 5) is 2.59. The molecule has 0 bridgehead atoms. The average Bonchev–Trinajstić information content (AvgIpc) is 3.80. The topological polar surface area (TPSA) is 34.5 Å². The number of nitrogens with zero attached hydrogens (tertiary/aromatic N) is 2. The van der Waals surface area contributed by atoms with E-state index in [4.69, 9.17) is 8.83 Å². The minimum atomic E-state index is -0.117. The Labute approximate surface area is 308 Å². The molecule has 4 nitrogen and oxygen atoms in total. The van der Waals surface area contributed by atoms with Crippen molar-refractivity contribution in [3.8, 4) is 11.1 Å². The van der Waals surface area contributed by atoms with Crippen molar-refractivity contribution in [2.45, 2.75) is 65.2 Å². The van der Waals surface area contributed by atoms with Crippen molar-refractivity contribution in [3.63, 3.8) is 0 Å². The van der Waals surface area contributed by atoms with Crippen LogP contribution >= 0.6 is 0 Å². The zero-order valence-electron chi connectivity index (χ0n) is 31.0. The van der Waals surface area contributed by atoms with Gasteiger partial charge in [-0.2, -0.15) is 0 Å². The van der Waals surface area contributed by atoms with Gasteiger partial charge in [0.25, 0.3) is 0 Å². The Bertz CT molecular complexity index is 3120. The summed E-state index contributed by atoms with van der Waals surface area (Å²) < 4.78 is 16.1. The van der Waals surface area contributed by atoms with Crippen LogP contribution in [0.25, 0.3) is 66.0 Å². The molecular weight excluding hydrogens is 647 g/mol. The highest BCUT2D eigenvalue weighted by molar-refractivity contribution is 6.90. The van der Waals surface area contributed by atoms with Gasteiger partial charge in [0.15, 0.2) is 5.71 Å². The van der Waals surface area contributed by atoms with Gasteiger partial charge in [0.1, 0.15) is 16.7 Å². The highest BCUT2D eigenvalue weighted by atomic mass is 16.3. The molecule has 6 aromatic carbocycles. The van der Waals surface area contributed by atoms with Crippen LogP contribution in [0.3, 0.4) is 0 Å². The second kappa shape index (κ2) is 9.65. The van der Waals surface area contributed by atoms with Crippen LogP contribution in [-0.2, 0) is 10.8 Å². The summed E-state index contributed by atoms with van der Waals surface area (Å²) in [5, 5.41) is 5.86. The fraction of sp³-hybridized carbons (Fsp3) is 0.208. The molecule has 5 heteroatoms. The Kier molecular flexibility index (Phi) is 5.43. The van der Waals surface area contributed by atoms with Gasteiger partial charge in [-0.3, -0.25) is 0 Å². The first-order valence-corrected chi connectivity index (χ1v) is 19.1. The third kappa shape index (κ3) is 3.68. The first-order valence-electron chi connectivity index (χ1n) is 19.1. The van der Waals surface area contributed by atoms with Crippen LogP contribution in [0.2, 0.25) is 0 Å². The van der Waals surface area contributed by atoms with Gasteiger partial charge in [-0.1, -0.05) is 94.4 Å². The Morgan fingerprint density at radius 3 is 2.08 bits per heavy atom. The highest BCUT2D eigenvalue weighted by Gasteiger charge is 2.45. The second-order valence-electron chi connectivity index (χ2n) is 17.3. The molecule has 9 aromatic rings. The number of hydrogen-bond donors (Lipinski definition) is 0. The predicted octanol–water partition coefficient (Wildman–Crippen LogP) is 11.8. The minimum absolute atomic E-state index is 0.0772. The number of para-hydroxylation sites is 3. The maximum Gasteiger partial charge on any atom is 0.336 e. The maximum absolute atomic E-state index is 6.89. The van der Waals surface area contributed by atoms with Crippen molar-refractivity contribution in [3.05, 3.63) is 125 Å². The standard InChI is InChI=1S/C48H39BN2O2/c1-26-20-33-29-14-11-15-31-43-30-13-8-10-17-41(30)53-46(43)51(45(29)31)49-36-25-42-32(28-12-7-9-16-40(28)52-42)23-38(36)50(39(21-26)44(33)49)37-24-35-34(22-27(37)2)47(3,4)18-19-48(35,5)6/h7-17,20-25H,18-19H2,1-6H3. The van der Waals surface area contributed by atoms with Crippen molar-refractivity contribution in [1.82, 2.24) is 4.48 Å². The number of hydrogen-bond acceptors (Lipinski definition) is 3. The summed E-state index contributed by atoms with van der Waals surface area (Å²) in [6, 6.07) is 38.4. The van der Waals surface area contributed by atoms with Crippen molar-refractivity contribution in [1.29, 1.82) is 0 Å². The molecule has 3 aromatic heterocycles. The largest absolute Gasteiger partial charge is 0.456 e. The summed E-state index contributed by atoms with van der Waals surface area (Å²) in [5.74, 6) is 0. The van der Waals surface area contributed by atoms with Gasteiger partial charge >= 0.3 is 6.85 Å². The fourth-order valence-corrected chi connectivity index (χ4v) is 10.5. The van der Waals surface area contributed by atoms with Crippen LogP contribution in [0.4, 0.5) is 17.1 Å². The molecule has 3 aliphatic rings. The molecule has 0 N–H and O–H groups in total. The maximum atomic E-state index is 6.89. The zero-order chi connectivity index (χ0) is 35.7. The zero-order valence-corrected chi connectivity index (χ0v) is 31.0. The lowest BCUT2D eigenvalue weighted by Crippen LogP contribution is -2.56. The number of aryl methyl sites for hydroxylation is 2. The van der Waals surface area contributed by atoms with Crippen molar-refractivity contribution in [2.75, 3.05) is 4.90 Å². The molecule has 1 aliphatic carbocycles. The summed E-state index contributed by atoms with van der Waals surface area (Å²) in [6.07, 6.45) is 2.36. The summed E-state index contributed by atoms with van der Waals surface area (Å²) >= 11 is 0. The SMILES string of the molecule is Cc1cc2c3c(c1)N(c1cc4c(cc1C)C(C)(C)CCC4(C)C)c1cc4c(cc1B3n1c3oc5ccccc5c3c3cccc-2c31)oc1ccccc14. The Balaban J connectivity index is 1.25. The first-order chi connectivity index (χ1) is 25.6. The summed E-state index contributed by atoms with van der Waals surface area (Å²) in [7, 11) is 0. The first kappa shape index (κ1) is 29.9. The van der Waals surface area contributed by atoms with Crippen LogP contribution in [0.1, 0.15) is 62.8 Å². The third-order valence-electron chi connectivity index (χ3n) is 13.2. The fourth-order valence-electron chi connectivity index (χ4n) is 10.5. The molecule has 0 saturated carbocycles. The van der Waals surface area contributed by atoms with E-state index in [-0.39, 0.29) is 17.7 Å². The van der Waals surface area contributed by atoms with E-state index in [1.54, 1.807) is 0 Å². The summed E-state index contributed by atoms with van der Waals surface area (Å²) in [6.45, 7) is 14.2. The van der Waals surface area contributed by atoms with Crippen LogP contribution in [0.15, 0.2) is 112 Å². The number of furan rings is 2. The quantitative estimate of drug-likeness (QED) is 0.161. The molecule has 0 saturated heterocycles. The molecule has 0 fully saturated rings. The predicted molar refractivity (Wildman–Crippen MR) is 222 cm³/mol. The summed E-state index contributed by atoms with van der Waals surface area (Å²) in [5.41, 5.74) is 19.4. The molecule has 0 radical (unpaired) electrons. The minimum Gasteiger partial charge on any atom is -0.456 e. The molecule has 256 valence electrons. The lowest BCUT2D eigenvalue weighted by atomic mass is 9.45. The van der Waals surface area contributed by atoms with E-state index in [0.717, 1.165) is 38.6 Å². The number of anilines is 3. The van der Waals surface area contributed by atoms with Gasteiger partial charge in [-0.15, -0.1) is 0 Å². The number of aromatic nitrogens is 1. The molecule has 0 atom stereocenters. The molecule has 0 amide bonds. The van der Waals surface area contributed by atoms with Crippen molar-refractivity contribution in [2.24, 2.45) is 0 Å². The van der Waals surface area contributed by atoms with Crippen LogP contribution in [0.5, 0.6) is 0 Å². The van der Waals surface area contributed by atoms with E-state index in [0.29, 0.717) is 0 Å². The smallest absolute Gasteiger partial charge is 0.336 e. The van der Waals surface area contributed by atoms with Gasteiger partial charge in [0.2, 0.25) is 0 Å². The lowest BCUT2D eigenvalue weighted by molar-refractivity contribution is 0.332. The Morgan fingerprint density at radius 1 is 0.585 bits per heavy atom. The van der Waals surface area contributed by atoms with Crippen LogP contribution < -0.4 is 15.8 Å².